The van der Waals surface area contributed by atoms with E-state index in [9.17, 15) is 14.4 Å². The molecule has 0 aliphatic carbocycles. The number of benzene rings is 3. The lowest BCUT2D eigenvalue weighted by Gasteiger charge is -2.15. The van der Waals surface area contributed by atoms with Crippen LogP contribution in [0, 0.1) is 0 Å². The normalized spacial score (nSPS) is 11.4. The molecule has 0 saturated carbocycles. The summed E-state index contributed by atoms with van der Waals surface area (Å²) < 4.78 is 5.20. The maximum Gasteiger partial charge on any atom is 0.307 e. The van der Waals surface area contributed by atoms with Gasteiger partial charge in [0.1, 0.15) is 0 Å². The number of anilines is 2. The third kappa shape index (κ3) is 6.77. The minimum absolute atomic E-state index is 0.0177. The highest BCUT2D eigenvalue weighted by atomic mass is 16.5. The number of rotatable bonds is 9. The van der Waals surface area contributed by atoms with Crippen LogP contribution in [0.25, 0.3) is 11.1 Å². The average molecular weight is 445 g/mol. The summed E-state index contributed by atoms with van der Waals surface area (Å²) in [5.41, 5.74) is 4.24. The molecule has 3 rings (SSSR count). The number of ether oxygens (including phenoxy) is 1. The van der Waals surface area contributed by atoms with Crippen LogP contribution in [0.4, 0.5) is 11.4 Å². The van der Waals surface area contributed by atoms with E-state index in [0.717, 1.165) is 16.8 Å². The SMILES string of the molecule is CC(OC(=O)CCC(=O)c1ccc(-c2ccccc2)cc1)C(=O)Nc1ccc(N(C)C)cc1. The van der Waals surface area contributed by atoms with Gasteiger partial charge in [-0.05, 0) is 42.3 Å². The standard InChI is InChI=1S/C27H28N2O4/c1-19(27(32)28-23-13-15-24(16-14-23)29(2)3)33-26(31)18-17-25(30)22-11-9-21(10-12-22)20-7-5-4-6-8-20/h4-16,19H,17-18H2,1-3H3,(H,28,32). The molecule has 6 heteroatoms. The zero-order valence-corrected chi connectivity index (χ0v) is 19.1. The number of hydrogen-bond acceptors (Lipinski definition) is 5. The van der Waals surface area contributed by atoms with Gasteiger partial charge in [0.25, 0.3) is 5.91 Å². The van der Waals surface area contributed by atoms with E-state index < -0.39 is 18.0 Å². The fourth-order valence-electron chi connectivity index (χ4n) is 3.24. The van der Waals surface area contributed by atoms with E-state index in [2.05, 4.69) is 5.32 Å². The van der Waals surface area contributed by atoms with Crippen LogP contribution in [0.5, 0.6) is 0 Å². The largest absolute Gasteiger partial charge is 0.453 e. The summed E-state index contributed by atoms with van der Waals surface area (Å²) in [4.78, 5) is 38.9. The second-order valence-corrected chi connectivity index (χ2v) is 7.93. The smallest absolute Gasteiger partial charge is 0.307 e. The Morgan fingerprint density at radius 3 is 2.03 bits per heavy atom. The van der Waals surface area contributed by atoms with Crippen LogP contribution in [-0.4, -0.2) is 37.9 Å². The van der Waals surface area contributed by atoms with Crippen LogP contribution >= 0.6 is 0 Å². The van der Waals surface area contributed by atoms with Gasteiger partial charge >= 0.3 is 5.97 Å². The van der Waals surface area contributed by atoms with Gasteiger partial charge in [-0.25, -0.2) is 0 Å². The van der Waals surface area contributed by atoms with Crippen molar-refractivity contribution in [2.75, 3.05) is 24.3 Å². The van der Waals surface area contributed by atoms with Crippen molar-refractivity contribution in [3.63, 3.8) is 0 Å². The summed E-state index contributed by atoms with van der Waals surface area (Å²) in [6.07, 6.45) is -1.04. The molecule has 0 radical (unpaired) electrons. The molecule has 0 fully saturated rings. The van der Waals surface area contributed by atoms with Crippen molar-refractivity contribution in [2.45, 2.75) is 25.9 Å². The zero-order valence-electron chi connectivity index (χ0n) is 19.1. The van der Waals surface area contributed by atoms with Gasteiger partial charge in [0.05, 0.1) is 6.42 Å². The number of carbonyl (C=O) groups is 3. The number of hydrogen-bond donors (Lipinski definition) is 1. The predicted molar refractivity (Wildman–Crippen MR) is 130 cm³/mol. The van der Waals surface area contributed by atoms with Gasteiger partial charge in [-0.3, -0.25) is 14.4 Å². The minimum atomic E-state index is -0.966. The van der Waals surface area contributed by atoms with Crippen molar-refractivity contribution in [1.29, 1.82) is 0 Å². The quantitative estimate of drug-likeness (QED) is 0.373. The van der Waals surface area contributed by atoms with Crippen molar-refractivity contribution in [3.05, 3.63) is 84.4 Å². The van der Waals surface area contributed by atoms with Crippen molar-refractivity contribution in [2.24, 2.45) is 0 Å². The first kappa shape index (κ1) is 23.7. The monoisotopic (exact) mass is 444 g/mol. The topological polar surface area (TPSA) is 75.7 Å². The van der Waals surface area contributed by atoms with Crippen LogP contribution in [-0.2, 0) is 14.3 Å². The van der Waals surface area contributed by atoms with Crippen molar-refractivity contribution >= 4 is 29.0 Å². The Bertz CT molecular complexity index is 1090. The van der Waals surface area contributed by atoms with Crippen molar-refractivity contribution in [1.82, 2.24) is 0 Å². The van der Waals surface area contributed by atoms with Crippen LogP contribution < -0.4 is 10.2 Å². The van der Waals surface area contributed by atoms with Crippen molar-refractivity contribution in [3.8, 4) is 11.1 Å². The van der Waals surface area contributed by atoms with E-state index in [1.165, 1.54) is 6.92 Å². The Kier molecular flexibility index (Phi) is 7.97. The molecule has 6 nitrogen and oxygen atoms in total. The Balaban J connectivity index is 1.46. The van der Waals surface area contributed by atoms with Gasteiger partial charge in [0.15, 0.2) is 11.9 Å². The van der Waals surface area contributed by atoms with Gasteiger partial charge in [-0.1, -0.05) is 54.6 Å². The molecule has 33 heavy (non-hydrogen) atoms. The Labute approximate surface area is 194 Å². The van der Waals surface area contributed by atoms with E-state index in [-0.39, 0.29) is 18.6 Å². The van der Waals surface area contributed by atoms with Crippen LogP contribution in [0.1, 0.15) is 30.1 Å². The summed E-state index contributed by atoms with van der Waals surface area (Å²) in [5.74, 6) is -1.16. The van der Waals surface area contributed by atoms with Crippen LogP contribution in [0.2, 0.25) is 0 Å². The molecular formula is C27H28N2O4. The molecule has 1 amide bonds. The van der Waals surface area contributed by atoms with Crippen molar-refractivity contribution < 1.29 is 19.1 Å². The molecular weight excluding hydrogens is 416 g/mol. The molecule has 0 spiro atoms. The highest BCUT2D eigenvalue weighted by molar-refractivity contribution is 5.98. The molecule has 0 aliphatic rings. The fraction of sp³-hybridized carbons (Fsp3) is 0.222. The summed E-state index contributed by atoms with van der Waals surface area (Å²) in [7, 11) is 3.86. The molecule has 3 aromatic rings. The van der Waals surface area contributed by atoms with E-state index in [1.807, 2.05) is 73.6 Å². The summed E-state index contributed by atoms with van der Waals surface area (Å²) in [6, 6.07) is 24.5. The highest BCUT2D eigenvalue weighted by Gasteiger charge is 2.19. The van der Waals surface area contributed by atoms with E-state index >= 15 is 0 Å². The molecule has 0 aliphatic heterocycles. The highest BCUT2D eigenvalue weighted by Crippen LogP contribution is 2.20. The van der Waals surface area contributed by atoms with Gasteiger partial charge in [0, 0.05) is 37.5 Å². The Morgan fingerprint density at radius 1 is 0.818 bits per heavy atom. The molecule has 0 bridgehead atoms. The summed E-state index contributed by atoms with van der Waals surface area (Å²) >= 11 is 0. The lowest BCUT2D eigenvalue weighted by atomic mass is 10.0. The van der Waals surface area contributed by atoms with Gasteiger partial charge in [-0.2, -0.15) is 0 Å². The second-order valence-electron chi connectivity index (χ2n) is 7.93. The molecule has 1 N–H and O–H groups in total. The molecule has 1 unspecified atom stereocenters. The predicted octanol–water partition coefficient (Wildman–Crippen LogP) is 4.95. The minimum Gasteiger partial charge on any atom is -0.453 e. The third-order valence-corrected chi connectivity index (χ3v) is 5.20. The van der Waals surface area contributed by atoms with Gasteiger partial charge in [-0.15, -0.1) is 0 Å². The van der Waals surface area contributed by atoms with Gasteiger partial charge in [0.2, 0.25) is 0 Å². The zero-order chi connectivity index (χ0) is 23.8. The first-order valence-electron chi connectivity index (χ1n) is 10.8. The number of carbonyl (C=O) groups excluding carboxylic acids is 3. The fourth-order valence-corrected chi connectivity index (χ4v) is 3.24. The molecule has 0 saturated heterocycles. The Hall–Kier alpha value is -3.93. The average Bonchev–Trinajstić information content (AvgIpc) is 2.83. The maximum absolute atomic E-state index is 12.4. The summed E-state index contributed by atoms with van der Waals surface area (Å²) in [6.45, 7) is 1.51. The number of nitrogens with zero attached hydrogens (tertiary/aromatic N) is 1. The molecule has 3 aromatic carbocycles. The van der Waals surface area contributed by atoms with Crippen LogP contribution in [0.15, 0.2) is 78.9 Å². The molecule has 1 atom stereocenters. The second kappa shape index (κ2) is 11.1. The first-order chi connectivity index (χ1) is 15.8. The Morgan fingerprint density at radius 2 is 1.42 bits per heavy atom. The van der Waals surface area contributed by atoms with E-state index in [0.29, 0.717) is 11.3 Å². The number of nitrogens with one attached hydrogen (secondary N) is 1. The maximum atomic E-state index is 12.4. The lowest BCUT2D eigenvalue weighted by molar-refractivity contribution is -0.153. The summed E-state index contributed by atoms with van der Waals surface area (Å²) in [5, 5.41) is 2.72. The number of amides is 1. The van der Waals surface area contributed by atoms with E-state index in [1.54, 1.807) is 24.3 Å². The number of esters is 1. The van der Waals surface area contributed by atoms with E-state index in [4.69, 9.17) is 4.74 Å². The lowest BCUT2D eigenvalue weighted by Crippen LogP contribution is -2.30. The van der Waals surface area contributed by atoms with Gasteiger partial charge < -0.3 is 15.0 Å². The number of ketones is 1. The first-order valence-corrected chi connectivity index (χ1v) is 10.8. The third-order valence-electron chi connectivity index (χ3n) is 5.20. The molecule has 0 aromatic heterocycles. The molecule has 0 heterocycles. The molecule has 170 valence electrons. The number of Topliss-reactive ketones (excluding diaryl/α,β-unsaturated/α-hetero) is 1. The van der Waals surface area contributed by atoms with Crippen LogP contribution in [0.3, 0.4) is 0 Å².